The number of likely N-dealkylation sites (tertiary alicyclic amines) is 1. The number of halogens is 1. The molecule has 0 bridgehead atoms. The molecule has 2 nitrogen and oxygen atoms in total. The molecule has 0 radical (unpaired) electrons. The standard InChI is InChI=1S/C11H20ClNO/c12-7-10(14)8-13-6-5-11(9-13)3-1-2-4-11/h10,14H,1-9H2. The number of β-amino-alcohol motifs (C(OH)–C–C–N with tert-alkyl or cyclic N) is 1. The van der Waals surface area contributed by atoms with Gasteiger partial charge in [-0.05, 0) is 31.2 Å². The fourth-order valence-electron chi connectivity index (χ4n) is 3.06. The minimum absolute atomic E-state index is 0.340. The molecule has 1 heterocycles. The van der Waals surface area contributed by atoms with Crippen molar-refractivity contribution in [3.05, 3.63) is 0 Å². The normalized spacial score (nSPS) is 28.7. The number of aliphatic hydroxyl groups excluding tert-OH is 1. The zero-order chi connectivity index (χ0) is 10.0. The molecule has 0 aromatic heterocycles. The van der Waals surface area contributed by atoms with E-state index in [1.54, 1.807) is 0 Å². The Labute approximate surface area is 91.2 Å². The SMILES string of the molecule is OC(CCl)CN1CCC2(CCCC2)C1. The molecule has 1 N–H and O–H groups in total. The van der Waals surface area contributed by atoms with Gasteiger partial charge in [-0.1, -0.05) is 12.8 Å². The molecule has 1 saturated heterocycles. The molecule has 1 spiro atoms. The predicted molar refractivity (Wildman–Crippen MR) is 58.7 cm³/mol. The van der Waals surface area contributed by atoms with Crippen LogP contribution in [-0.4, -0.2) is 41.6 Å². The van der Waals surface area contributed by atoms with Gasteiger partial charge in [0.15, 0.2) is 0 Å². The Morgan fingerprint density at radius 1 is 1.29 bits per heavy atom. The highest BCUT2D eigenvalue weighted by molar-refractivity contribution is 6.18. The maximum absolute atomic E-state index is 9.48. The van der Waals surface area contributed by atoms with Crippen molar-refractivity contribution in [2.24, 2.45) is 5.41 Å². The Kier molecular flexibility index (Phi) is 3.35. The molecule has 2 aliphatic rings. The zero-order valence-corrected chi connectivity index (χ0v) is 9.47. The smallest absolute Gasteiger partial charge is 0.0802 e. The Hall–Kier alpha value is 0.210. The van der Waals surface area contributed by atoms with E-state index in [1.807, 2.05) is 0 Å². The molecule has 1 saturated carbocycles. The van der Waals surface area contributed by atoms with Crippen LogP contribution in [0.3, 0.4) is 0 Å². The van der Waals surface area contributed by atoms with Crippen LogP contribution in [0.25, 0.3) is 0 Å². The number of hydrogen-bond donors (Lipinski definition) is 1. The number of rotatable bonds is 3. The van der Waals surface area contributed by atoms with Crippen molar-refractivity contribution in [1.82, 2.24) is 4.90 Å². The number of nitrogens with zero attached hydrogens (tertiary/aromatic N) is 1. The topological polar surface area (TPSA) is 23.5 Å². The molecule has 0 aromatic rings. The van der Waals surface area contributed by atoms with E-state index in [9.17, 15) is 5.11 Å². The number of alkyl halides is 1. The summed E-state index contributed by atoms with van der Waals surface area (Å²) in [6.07, 6.45) is 6.62. The first kappa shape index (κ1) is 10.7. The summed E-state index contributed by atoms with van der Waals surface area (Å²) >= 11 is 5.60. The van der Waals surface area contributed by atoms with E-state index in [2.05, 4.69) is 4.90 Å². The molecule has 2 rings (SSSR count). The van der Waals surface area contributed by atoms with Crippen molar-refractivity contribution in [3.8, 4) is 0 Å². The first-order valence-electron chi connectivity index (χ1n) is 5.70. The summed E-state index contributed by atoms with van der Waals surface area (Å²) < 4.78 is 0. The highest BCUT2D eigenvalue weighted by Crippen LogP contribution is 2.45. The van der Waals surface area contributed by atoms with Crippen LogP contribution >= 0.6 is 11.6 Å². The Morgan fingerprint density at radius 3 is 2.64 bits per heavy atom. The van der Waals surface area contributed by atoms with E-state index in [0.29, 0.717) is 11.3 Å². The average Bonchev–Trinajstić information content (AvgIpc) is 2.78. The summed E-state index contributed by atoms with van der Waals surface area (Å²) in [5.41, 5.74) is 0.617. The number of aliphatic hydroxyl groups is 1. The zero-order valence-electron chi connectivity index (χ0n) is 8.71. The maximum atomic E-state index is 9.48. The van der Waals surface area contributed by atoms with E-state index in [0.717, 1.165) is 13.1 Å². The van der Waals surface area contributed by atoms with Crippen molar-refractivity contribution in [2.45, 2.75) is 38.2 Å². The molecule has 2 fully saturated rings. The second-order valence-electron chi connectivity index (χ2n) is 5.00. The molecule has 14 heavy (non-hydrogen) atoms. The summed E-state index contributed by atoms with van der Waals surface area (Å²) in [7, 11) is 0. The molecule has 1 aliphatic heterocycles. The summed E-state index contributed by atoms with van der Waals surface area (Å²) in [5, 5.41) is 9.48. The maximum Gasteiger partial charge on any atom is 0.0802 e. The van der Waals surface area contributed by atoms with Gasteiger partial charge in [0.25, 0.3) is 0 Å². The van der Waals surface area contributed by atoms with E-state index in [1.165, 1.54) is 38.6 Å². The largest absolute Gasteiger partial charge is 0.391 e. The van der Waals surface area contributed by atoms with Gasteiger partial charge < -0.3 is 10.0 Å². The molecular formula is C11H20ClNO. The highest BCUT2D eigenvalue weighted by atomic mass is 35.5. The van der Waals surface area contributed by atoms with Crippen LogP contribution in [-0.2, 0) is 0 Å². The van der Waals surface area contributed by atoms with Crippen LogP contribution < -0.4 is 0 Å². The van der Waals surface area contributed by atoms with Crippen LogP contribution in [0.15, 0.2) is 0 Å². The summed E-state index contributed by atoms with van der Waals surface area (Å²) in [5.74, 6) is 0.365. The van der Waals surface area contributed by atoms with Crippen molar-refractivity contribution in [2.75, 3.05) is 25.5 Å². The fourth-order valence-corrected chi connectivity index (χ4v) is 3.16. The lowest BCUT2D eigenvalue weighted by Gasteiger charge is -2.24. The molecule has 1 atom stereocenters. The van der Waals surface area contributed by atoms with Gasteiger partial charge in [-0.2, -0.15) is 0 Å². The van der Waals surface area contributed by atoms with Crippen molar-refractivity contribution in [3.63, 3.8) is 0 Å². The highest BCUT2D eigenvalue weighted by Gasteiger charge is 2.40. The van der Waals surface area contributed by atoms with E-state index >= 15 is 0 Å². The molecule has 3 heteroatoms. The first-order valence-corrected chi connectivity index (χ1v) is 6.24. The van der Waals surface area contributed by atoms with Crippen molar-refractivity contribution >= 4 is 11.6 Å². The van der Waals surface area contributed by atoms with Gasteiger partial charge in [0.1, 0.15) is 0 Å². The fraction of sp³-hybridized carbons (Fsp3) is 1.00. The molecule has 0 amide bonds. The third kappa shape index (κ3) is 2.23. The van der Waals surface area contributed by atoms with Gasteiger partial charge in [-0.15, -0.1) is 11.6 Å². The first-order chi connectivity index (χ1) is 6.74. The minimum Gasteiger partial charge on any atom is -0.391 e. The predicted octanol–water partition coefficient (Wildman–Crippen LogP) is 1.85. The average molecular weight is 218 g/mol. The van der Waals surface area contributed by atoms with Crippen molar-refractivity contribution < 1.29 is 5.11 Å². The number of hydrogen-bond acceptors (Lipinski definition) is 2. The van der Waals surface area contributed by atoms with Gasteiger partial charge in [0.05, 0.1) is 6.10 Å². The Morgan fingerprint density at radius 2 is 2.00 bits per heavy atom. The van der Waals surface area contributed by atoms with Crippen molar-refractivity contribution in [1.29, 1.82) is 0 Å². The van der Waals surface area contributed by atoms with Gasteiger partial charge in [-0.25, -0.2) is 0 Å². The quantitative estimate of drug-likeness (QED) is 0.730. The molecule has 1 aliphatic carbocycles. The minimum atomic E-state index is -0.340. The van der Waals surface area contributed by atoms with Gasteiger partial charge in [0, 0.05) is 19.0 Å². The summed E-state index contributed by atoms with van der Waals surface area (Å²) in [6, 6.07) is 0. The molecule has 82 valence electrons. The molecule has 1 unspecified atom stereocenters. The lowest BCUT2D eigenvalue weighted by molar-refractivity contribution is 0.135. The third-order valence-corrected chi connectivity index (χ3v) is 4.18. The van der Waals surface area contributed by atoms with E-state index in [-0.39, 0.29) is 6.10 Å². The lowest BCUT2D eigenvalue weighted by Crippen LogP contribution is -2.33. The van der Waals surface area contributed by atoms with Crippen LogP contribution in [0.1, 0.15) is 32.1 Å². The van der Waals surface area contributed by atoms with Crippen LogP contribution in [0.4, 0.5) is 0 Å². The van der Waals surface area contributed by atoms with Gasteiger partial charge in [0.2, 0.25) is 0 Å². The van der Waals surface area contributed by atoms with Gasteiger partial charge >= 0.3 is 0 Å². The second-order valence-corrected chi connectivity index (χ2v) is 5.31. The molecular weight excluding hydrogens is 198 g/mol. The third-order valence-electron chi connectivity index (χ3n) is 3.83. The van der Waals surface area contributed by atoms with E-state index in [4.69, 9.17) is 11.6 Å². The molecule has 0 aromatic carbocycles. The summed E-state index contributed by atoms with van der Waals surface area (Å²) in [6.45, 7) is 3.13. The Balaban J connectivity index is 1.82. The Bertz CT molecular complexity index is 192. The van der Waals surface area contributed by atoms with Crippen LogP contribution in [0, 0.1) is 5.41 Å². The lowest BCUT2D eigenvalue weighted by atomic mass is 9.86. The van der Waals surface area contributed by atoms with Crippen LogP contribution in [0.5, 0.6) is 0 Å². The van der Waals surface area contributed by atoms with Crippen LogP contribution in [0.2, 0.25) is 0 Å². The monoisotopic (exact) mass is 217 g/mol. The van der Waals surface area contributed by atoms with E-state index < -0.39 is 0 Å². The second kappa shape index (κ2) is 4.38. The summed E-state index contributed by atoms with van der Waals surface area (Å²) in [4.78, 5) is 2.39. The van der Waals surface area contributed by atoms with Gasteiger partial charge in [-0.3, -0.25) is 0 Å².